The molecule has 0 aliphatic heterocycles. The molecular formula is C10H12N4. The molecule has 0 saturated carbocycles. The van der Waals surface area contributed by atoms with Gasteiger partial charge in [-0.15, -0.1) is 0 Å². The van der Waals surface area contributed by atoms with Crippen molar-refractivity contribution in [1.29, 1.82) is 0 Å². The molecule has 0 atom stereocenters. The molecule has 0 radical (unpaired) electrons. The highest BCUT2D eigenvalue weighted by Crippen LogP contribution is 2.15. The van der Waals surface area contributed by atoms with Crippen molar-refractivity contribution in [3.63, 3.8) is 0 Å². The molecule has 2 aromatic heterocycles. The van der Waals surface area contributed by atoms with Gasteiger partial charge in [0.15, 0.2) is 0 Å². The van der Waals surface area contributed by atoms with E-state index in [4.69, 9.17) is 0 Å². The van der Waals surface area contributed by atoms with Gasteiger partial charge in [-0.05, 0) is 27.7 Å². The SMILES string of the molecule is Cc1nc(C)c2nc(C)nc(C)c2n1. The van der Waals surface area contributed by atoms with E-state index < -0.39 is 0 Å². The van der Waals surface area contributed by atoms with Gasteiger partial charge in [0.2, 0.25) is 0 Å². The molecule has 0 amide bonds. The van der Waals surface area contributed by atoms with Crippen molar-refractivity contribution in [3.8, 4) is 0 Å². The summed E-state index contributed by atoms with van der Waals surface area (Å²) in [6.45, 7) is 7.66. The van der Waals surface area contributed by atoms with Gasteiger partial charge in [-0.2, -0.15) is 0 Å². The summed E-state index contributed by atoms with van der Waals surface area (Å²) in [5.74, 6) is 1.54. The molecule has 0 fully saturated rings. The van der Waals surface area contributed by atoms with E-state index in [0.29, 0.717) is 0 Å². The van der Waals surface area contributed by atoms with Gasteiger partial charge in [0.1, 0.15) is 22.7 Å². The molecule has 0 aliphatic rings. The summed E-state index contributed by atoms with van der Waals surface area (Å²) in [6, 6.07) is 0. The Morgan fingerprint density at radius 1 is 0.571 bits per heavy atom. The highest BCUT2D eigenvalue weighted by atomic mass is 15.0. The zero-order valence-electron chi connectivity index (χ0n) is 8.79. The van der Waals surface area contributed by atoms with Crippen LogP contribution in [-0.4, -0.2) is 19.9 Å². The van der Waals surface area contributed by atoms with Crippen LogP contribution in [0.4, 0.5) is 0 Å². The quantitative estimate of drug-likeness (QED) is 0.630. The normalized spacial score (nSPS) is 10.9. The van der Waals surface area contributed by atoms with E-state index in [2.05, 4.69) is 19.9 Å². The first-order chi connectivity index (χ1) is 6.58. The lowest BCUT2D eigenvalue weighted by Gasteiger charge is -2.04. The van der Waals surface area contributed by atoms with Gasteiger partial charge in [0, 0.05) is 0 Å². The fourth-order valence-corrected chi connectivity index (χ4v) is 1.58. The Labute approximate surface area is 82.5 Å². The van der Waals surface area contributed by atoms with E-state index in [-0.39, 0.29) is 0 Å². The number of aryl methyl sites for hydroxylation is 4. The number of nitrogens with zero attached hydrogens (tertiary/aromatic N) is 4. The Morgan fingerprint density at radius 2 is 0.929 bits per heavy atom. The van der Waals surface area contributed by atoms with Gasteiger partial charge in [-0.1, -0.05) is 0 Å². The van der Waals surface area contributed by atoms with Gasteiger partial charge < -0.3 is 0 Å². The molecule has 0 saturated heterocycles. The Balaban J connectivity index is 2.94. The molecule has 0 N–H and O–H groups in total. The lowest BCUT2D eigenvalue weighted by molar-refractivity contribution is 0.983. The van der Waals surface area contributed by atoms with Gasteiger partial charge in [-0.25, -0.2) is 19.9 Å². The molecule has 0 aromatic carbocycles. The maximum absolute atomic E-state index is 4.34. The maximum atomic E-state index is 4.34. The minimum absolute atomic E-state index is 0.769. The Kier molecular flexibility index (Phi) is 1.91. The van der Waals surface area contributed by atoms with E-state index >= 15 is 0 Å². The van der Waals surface area contributed by atoms with Crippen LogP contribution in [-0.2, 0) is 0 Å². The Bertz CT molecular complexity index is 458. The molecule has 14 heavy (non-hydrogen) atoms. The average molecular weight is 188 g/mol. The van der Waals surface area contributed by atoms with E-state index in [0.717, 1.165) is 34.1 Å². The Hall–Kier alpha value is -1.58. The third kappa shape index (κ3) is 1.32. The van der Waals surface area contributed by atoms with Crippen molar-refractivity contribution in [2.45, 2.75) is 27.7 Å². The summed E-state index contributed by atoms with van der Waals surface area (Å²) in [5.41, 5.74) is 3.56. The maximum Gasteiger partial charge on any atom is 0.126 e. The lowest BCUT2D eigenvalue weighted by Crippen LogP contribution is -2.01. The largest absolute Gasteiger partial charge is 0.236 e. The van der Waals surface area contributed by atoms with Crippen molar-refractivity contribution in [1.82, 2.24) is 19.9 Å². The van der Waals surface area contributed by atoms with Crippen LogP contribution in [0.1, 0.15) is 23.0 Å². The molecule has 2 heterocycles. The molecule has 4 nitrogen and oxygen atoms in total. The second kappa shape index (κ2) is 2.97. The third-order valence-corrected chi connectivity index (χ3v) is 2.12. The number of hydrogen-bond acceptors (Lipinski definition) is 4. The average Bonchev–Trinajstić information content (AvgIpc) is 2.07. The number of hydrogen-bond donors (Lipinski definition) is 0. The summed E-state index contributed by atoms with van der Waals surface area (Å²) < 4.78 is 0. The van der Waals surface area contributed by atoms with Crippen LogP contribution in [0.2, 0.25) is 0 Å². The van der Waals surface area contributed by atoms with Crippen LogP contribution in [0.3, 0.4) is 0 Å². The van der Waals surface area contributed by atoms with Crippen LogP contribution >= 0.6 is 0 Å². The van der Waals surface area contributed by atoms with Crippen LogP contribution in [0.5, 0.6) is 0 Å². The second-order valence-corrected chi connectivity index (χ2v) is 3.41. The van der Waals surface area contributed by atoms with Crippen LogP contribution in [0.15, 0.2) is 0 Å². The smallest absolute Gasteiger partial charge is 0.126 e. The molecular weight excluding hydrogens is 176 g/mol. The number of rotatable bonds is 0. The predicted molar refractivity (Wildman–Crippen MR) is 54.1 cm³/mol. The number of aromatic nitrogens is 4. The summed E-state index contributed by atoms with van der Waals surface area (Å²) in [7, 11) is 0. The molecule has 0 aliphatic carbocycles. The zero-order valence-corrected chi connectivity index (χ0v) is 8.79. The van der Waals surface area contributed by atoms with Gasteiger partial charge in [0.05, 0.1) is 11.4 Å². The minimum atomic E-state index is 0.769. The van der Waals surface area contributed by atoms with Crippen molar-refractivity contribution >= 4 is 11.0 Å². The highest BCUT2D eigenvalue weighted by molar-refractivity contribution is 5.78. The molecule has 0 bridgehead atoms. The van der Waals surface area contributed by atoms with Crippen LogP contribution in [0.25, 0.3) is 11.0 Å². The van der Waals surface area contributed by atoms with E-state index in [1.54, 1.807) is 0 Å². The first-order valence-electron chi connectivity index (χ1n) is 4.54. The standard InChI is InChI=1S/C10H12N4/c1-5-9-10(14-7(3)11-5)6(2)12-8(4)13-9/h1-4H3. The second-order valence-electron chi connectivity index (χ2n) is 3.41. The predicted octanol–water partition coefficient (Wildman–Crippen LogP) is 1.65. The number of fused-ring (bicyclic) bond motifs is 1. The third-order valence-electron chi connectivity index (χ3n) is 2.12. The fraction of sp³-hybridized carbons (Fsp3) is 0.400. The van der Waals surface area contributed by atoms with Crippen molar-refractivity contribution in [2.24, 2.45) is 0 Å². The van der Waals surface area contributed by atoms with E-state index in [1.807, 2.05) is 27.7 Å². The summed E-state index contributed by atoms with van der Waals surface area (Å²) in [4.78, 5) is 17.2. The van der Waals surface area contributed by atoms with Crippen molar-refractivity contribution in [3.05, 3.63) is 23.0 Å². The minimum Gasteiger partial charge on any atom is -0.236 e. The molecule has 2 aromatic rings. The van der Waals surface area contributed by atoms with Gasteiger partial charge >= 0.3 is 0 Å². The van der Waals surface area contributed by atoms with Gasteiger partial charge in [-0.3, -0.25) is 0 Å². The topological polar surface area (TPSA) is 51.6 Å². The van der Waals surface area contributed by atoms with Gasteiger partial charge in [0.25, 0.3) is 0 Å². The van der Waals surface area contributed by atoms with Crippen molar-refractivity contribution < 1.29 is 0 Å². The zero-order chi connectivity index (χ0) is 10.3. The molecule has 0 spiro atoms. The molecule has 72 valence electrons. The summed E-state index contributed by atoms with van der Waals surface area (Å²) in [5, 5.41) is 0. The lowest BCUT2D eigenvalue weighted by atomic mass is 10.2. The summed E-state index contributed by atoms with van der Waals surface area (Å²) in [6.07, 6.45) is 0. The first-order valence-corrected chi connectivity index (χ1v) is 4.54. The molecule has 0 unspecified atom stereocenters. The highest BCUT2D eigenvalue weighted by Gasteiger charge is 2.07. The fourth-order valence-electron chi connectivity index (χ4n) is 1.58. The van der Waals surface area contributed by atoms with E-state index in [1.165, 1.54) is 0 Å². The van der Waals surface area contributed by atoms with Crippen molar-refractivity contribution in [2.75, 3.05) is 0 Å². The van der Waals surface area contributed by atoms with Crippen LogP contribution < -0.4 is 0 Å². The van der Waals surface area contributed by atoms with E-state index in [9.17, 15) is 0 Å². The molecule has 4 heteroatoms. The Morgan fingerprint density at radius 3 is 1.29 bits per heavy atom. The molecule has 2 rings (SSSR count). The monoisotopic (exact) mass is 188 g/mol. The summed E-state index contributed by atoms with van der Waals surface area (Å²) >= 11 is 0. The first kappa shape index (κ1) is 8.99. The van der Waals surface area contributed by atoms with Crippen LogP contribution in [0, 0.1) is 27.7 Å².